The van der Waals surface area contributed by atoms with Gasteiger partial charge in [-0.2, -0.15) is 5.26 Å². The maximum absolute atomic E-state index is 9.30. The molecule has 0 saturated carbocycles. The molecule has 1 aliphatic heterocycles. The van der Waals surface area contributed by atoms with Crippen molar-refractivity contribution in [3.8, 4) is 6.07 Å². The van der Waals surface area contributed by atoms with Crippen molar-refractivity contribution in [2.24, 2.45) is 11.3 Å². The van der Waals surface area contributed by atoms with E-state index in [1.807, 2.05) is 18.4 Å². The molecule has 3 nitrogen and oxygen atoms in total. The maximum Gasteiger partial charge on any atom is 0.0988 e. The molecule has 1 aromatic heterocycles. The van der Waals surface area contributed by atoms with E-state index in [2.05, 4.69) is 59.8 Å². The van der Waals surface area contributed by atoms with Gasteiger partial charge in [0.25, 0.3) is 0 Å². The number of hydrogen-bond acceptors (Lipinski definition) is 4. The molecule has 122 valence electrons. The third kappa shape index (κ3) is 3.08. The van der Waals surface area contributed by atoms with Crippen molar-refractivity contribution >= 4 is 11.3 Å². The van der Waals surface area contributed by atoms with Gasteiger partial charge in [0.15, 0.2) is 0 Å². The number of rotatable bonds is 5. The van der Waals surface area contributed by atoms with E-state index >= 15 is 0 Å². The highest BCUT2D eigenvalue weighted by Gasteiger charge is 2.45. The summed E-state index contributed by atoms with van der Waals surface area (Å²) in [5.74, 6) is 0.525. The van der Waals surface area contributed by atoms with Gasteiger partial charge in [-0.3, -0.25) is 0 Å². The Hall–Kier alpha value is -1.57. The van der Waals surface area contributed by atoms with Gasteiger partial charge in [0.05, 0.1) is 12.1 Å². The van der Waals surface area contributed by atoms with Crippen LogP contribution in [0.15, 0.2) is 40.9 Å². The van der Waals surface area contributed by atoms with Crippen LogP contribution in [0.2, 0.25) is 0 Å². The zero-order valence-corrected chi connectivity index (χ0v) is 15.0. The summed E-state index contributed by atoms with van der Waals surface area (Å²) in [6.07, 6.45) is 6.31. The number of nitrogens with zero attached hydrogens (tertiary/aromatic N) is 2. The number of hydrogen-bond donors (Lipinski definition) is 1. The van der Waals surface area contributed by atoms with E-state index in [1.165, 1.54) is 10.6 Å². The molecule has 1 aliphatic carbocycles. The molecule has 2 aliphatic rings. The van der Waals surface area contributed by atoms with Gasteiger partial charge in [0.1, 0.15) is 0 Å². The molecule has 1 saturated heterocycles. The topological polar surface area (TPSA) is 39.1 Å². The predicted octanol–water partition coefficient (Wildman–Crippen LogP) is 4.09. The van der Waals surface area contributed by atoms with E-state index in [-0.39, 0.29) is 5.41 Å². The third-order valence-electron chi connectivity index (χ3n) is 5.13. The van der Waals surface area contributed by atoms with Gasteiger partial charge < -0.3 is 10.2 Å². The molecule has 0 bridgehead atoms. The van der Waals surface area contributed by atoms with Crippen LogP contribution >= 0.6 is 11.3 Å². The molecular formula is C19H25N3S. The number of nitriles is 1. The minimum atomic E-state index is 0.248. The molecule has 2 heterocycles. The molecule has 0 spiro atoms. The minimum absolute atomic E-state index is 0.248. The molecule has 0 amide bonds. The van der Waals surface area contributed by atoms with Crippen molar-refractivity contribution in [2.45, 2.75) is 32.7 Å². The van der Waals surface area contributed by atoms with Crippen LogP contribution in [0.4, 0.5) is 0 Å². The summed E-state index contributed by atoms with van der Waals surface area (Å²) in [5.41, 5.74) is 2.43. The molecule has 1 fully saturated rings. The van der Waals surface area contributed by atoms with Gasteiger partial charge in [0.2, 0.25) is 0 Å². The average molecular weight is 327 g/mol. The molecule has 23 heavy (non-hydrogen) atoms. The number of nitrogens with one attached hydrogen (secondary N) is 1. The summed E-state index contributed by atoms with van der Waals surface area (Å²) in [7, 11) is 2.01. The molecule has 1 aromatic rings. The Morgan fingerprint density at radius 2 is 2.35 bits per heavy atom. The Balaban J connectivity index is 1.97. The minimum Gasteiger partial charge on any atom is -0.366 e. The highest BCUT2D eigenvalue weighted by molar-refractivity contribution is 7.10. The fourth-order valence-corrected chi connectivity index (χ4v) is 4.78. The summed E-state index contributed by atoms with van der Waals surface area (Å²) in [6, 6.07) is 7.11. The van der Waals surface area contributed by atoms with Crippen molar-refractivity contribution in [3.05, 3.63) is 45.8 Å². The van der Waals surface area contributed by atoms with Crippen LogP contribution in [-0.4, -0.2) is 25.0 Å². The van der Waals surface area contributed by atoms with Gasteiger partial charge in [-0.1, -0.05) is 26.0 Å². The average Bonchev–Trinajstić information content (AvgIpc) is 3.15. The number of allylic oxidation sites excluding steroid dienone is 4. The van der Waals surface area contributed by atoms with Crippen LogP contribution in [0.25, 0.3) is 0 Å². The zero-order chi connectivity index (χ0) is 16.4. The fourth-order valence-electron chi connectivity index (χ4n) is 3.91. The van der Waals surface area contributed by atoms with E-state index in [0.29, 0.717) is 12.0 Å². The zero-order valence-electron chi connectivity index (χ0n) is 14.2. The van der Waals surface area contributed by atoms with E-state index in [9.17, 15) is 5.26 Å². The molecule has 0 radical (unpaired) electrons. The Morgan fingerprint density at radius 3 is 3.00 bits per heavy atom. The lowest BCUT2D eigenvalue weighted by Crippen LogP contribution is -2.29. The van der Waals surface area contributed by atoms with Gasteiger partial charge in [-0.05, 0) is 49.4 Å². The Labute approximate surface area is 143 Å². The van der Waals surface area contributed by atoms with E-state index in [1.54, 1.807) is 0 Å². The van der Waals surface area contributed by atoms with E-state index in [0.717, 1.165) is 31.5 Å². The van der Waals surface area contributed by atoms with Gasteiger partial charge >= 0.3 is 0 Å². The summed E-state index contributed by atoms with van der Waals surface area (Å²) < 4.78 is 0. The van der Waals surface area contributed by atoms with Crippen molar-refractivity contribution in [1.82, 2.24) is 10.2 Å². The predicted molar refractivity (Wildman–Crippen MR) is 96.0 cm³/mol. The number of thiophene rings is 1. The fraction of sp³-hybridized carbons (Fsp3) is 0.526. The quantitative estimate of drug-likeness (QED) is 0.885. The normalized spacial score (nSPS) is 23.7. The highest BCUT2D eigenvalue weighted by Crippen LogP contribution is 2.50. The van der Waals surface area contributed by atoms with Crippen molar-refractivity contribution in [3.63, 3.8) is 0 Å². The lowest BCUT2D eigenvalue weighted by Gasteiger charge is -2.32. The molecule has 3 rings (SSSR count). The summed E-state index contributed by atoms with van der Waals surface area (Å²) >= 11 is 1.84. The molecule has 4 heteroatoms. The Bertz CT molecular complexity index is 649. The monoisotopic (exact) mass is 327 g/mol. The largest absolute Gasteiger partial charge is 0.366 e. The van der Waals surface area contributed by atoms with Crippen LogP contribution in [0.1, 0.15) is 37.6 Å². The molecule has 2 atom stereocenters. The van der Waals surface area contributed by atoms with Crippen molar-refractivity contribution < 1.29 is 0 Å². The lowest BCUT2D eigenvalue weighted by molar-refractivity contribution is 0.228. The van der Waals surface area contributed by atoms with Crippen LogP contribution in [0.3, 0.4) is 0 Å². The van der Waals surface area contributed by atoms with Gasteiger partial charge in [0, 0.05) is 28.6 Å². The first kappa shape index (κ1) is 16.3. The summed E-state index contributed by atoms with van der Waals surface area (Å²) in [6.45, 7) is 6.78. The lowest BCUT2D eigenvalue weighted by atomic mass is 9.76. The first-order valence-electron chi connectivity index (χ1n) is 8.33. The van der Waals surface area contributed by atoms with Crippen molar-refractivity contribution in [1.29, 1.82) is 5.26 Å². The second-order valence-corrected chi connectivity index (χ2v) is 8.15. The molecule has 1 N–H and O–H groups in total. The van der Waals surface area contributed by atoms with Gasteiger partial charge in [-0.15, -0.1) is 11.3 Å². The number of fused-ring (bicyclic) bond motifs is 1. The highest BCUT2D eigenvalue weighted by atomic mass is 32.1. The first-order valence-corrected chi connectivity index (χ1v) is 9.21. The second kappa shape index (κ2) is 6.51. The van der Waals surface area contributed by atoms with Crippen LogP contribution in [0.5, 0.6) is 0 Å². The SMILES string of the molecule is CNCCC(c1cccs1)N1CC(C)(C)C2CC=C(C#N)C=C21. The standard InChI is InChI=1S/C19H25N3S/c1-19(2)13-22(17-11-14(12-20)6-7-15(17)19)16(8-9-21-3)18-5-4-10-23-18/h4-6,10-11,15-16,21H,7-9,13H2,1-3H3. The third-order valence-corrected chi connectivity index (χ3v) is 6.10. The molecule has 0 aromatic carbocycles. The molecule has 2 unspecified atom stereocenters. The van der Waals surface area contributed by atoms with Crippen molar-refractivity contribution in [2.75, 3.05) is 20.1 Å². The molecular weight excluding hydrogens is 302 g/mol. The van der Waals surface area contributed by atoms with Crippen LogP contribution in [0, 0.1) is 22.7 Å². The van der Waals surface area contributed by atoms with Crippen LogP contribution < -0.4 is 5.32 Å². The smallest absolute Gasteiger partial charge is 0.0988 e. The van der Waals surface area contributed by atoms with E-state index < -0.39 is 0 Å². The Morgan fingerprint density at radius 1 is 1.52 bits per heavy atom. The summed E-state index contributed by atoms with van der Waals surface area (Å²) in [4.78, 5) is 3.99. The number of likely N-dealkylation sites (tertiary alicyclic amines) is 1. The Kier molecular flexibility index (Phi) is 4.61. The maximum atomic E-state index is 9.30. The van der Waals surface area contributed by atoms with Crippen LogP contribution in [-0.2, 0) is 0 Å². The van der Waals surface area contributed by atoms with E-state index in [4.69, 9.17) is 0 Å². The second-order valence-electron chi connectivity index (χ2n) is 7.17. The first-order chi connectivity index (χ1) is 11.1. The summed E-state index contributed by atoms with van der Waals surface area (Å²) in [5, 5.41) is 14.8. The van der Waals surface area contributed by atoms with Gasteiger partial charge in [-0.25, -0.2) is 0 Å².